The van der Waals surface area contributed by atoms with Crippen LogP contribution in [0.2, 0.25) is 0 Å². The van der Waals surface area contributed by atoms with E-state index in [1.165, 1.54) is 0 Å². The fourth-order valence-corrected chi connectivity index (χ4v) is 10.0. The summed E-state index contributed by atoms with van der Waals surface area (Å²) in [5.74, 6) is 2.80. The van der Waals surface area contributed by atoms with Gasteiger partial charge in [0.25, 0.3) is 0 Å². The number of rotatable bonds is 6. The number of hydrogen-bond acceptors (Lipinski definition) is 10. The number of aromatic nitrogens is 12. The minimum Gasteiger partial charge on any atom is -0.341 e. The minimum atomic E-state index is 0.691. The molecule has 0 radical (unpaired) electrons. The monoisotopic (exact) mass is 872 g/mol. The highest BCUT2D eigenvalue weighted by Crippen LogP contribution is 2.54. The zero-order chi connectivity index (χ0) is 45.1. The van der Waals surface area contributed by atoms with Crippen molar-refractivity contribution in [3.05, 3.63) is 152 Å². The second-order valence-electron chi connectivity index (χ2n) is 16.9. The van der Waals surface area contributed by atoms with Crippen molar-refractivity contribution < 1.29 is 0 Å². The molecule has 14 heteroatoms. The molecule has 9 heterocycles. The van der Waals surface area contributed by atoms with Gasteiger partial charge in [0.05, 0.1) is 22.7 Å². The van der Waals surface area contributed by atoms with Gasteiger partial charge in [-0.3, -0.25) is 0 Å². The molecule has 67 heavy (non-hydrogen) atoms. The maximum absolute atomic E-state index is 5.47. The molecule has 322 valence electrons. The Hall–Kier alpha value is -9.04. The zero-order valence-electron chi connectivity index (χ0n) is 37.2. The van der Waals surface area contributed by atoms with Crippen LogP contribution in [0.25, 0.3) is 101 Å². The molecule has 14 nitrogen and oxygen atoms in total. The van der Waals surface area contributed by atoms with Crippen LogP contribution in [0, 0.1) is 0 Å². The number of hydrogen-bond donors (Lipinski definition) is 0. The summed E-state index contributed by atoms with van der Waals surface area (Å²) in [5, 5.41) is 0. The van der Waals surface area contributed by atoms with Crippen LogP contribution >= 0.6 is 0 Å². The predicted octanol–water partition coefficient (Wildman–Crippen LogP) is 10.7. The number of pyridine rings is 4. The standard InChI is InChI=1S/C53H40N14/c1-62-39-21-6-8-23-41(39)67(42-24-9-7-22-40(42)62)32-16-10-15-31(29-32)43-33(46-58-35-17-11-25-54-48(35)63(46)2)30-34(47-59-36-18-12-26-55-49(36)64(47)3)44(52-60-37-19-13-27-56-50(37)65(52)4)45(43)53-61-38-20-14-28-57-51(38)66(53)5/h6-30H,1-5H3. The quantitative estimate of drug-likeness (QED) is 0.159. The smallest absolute Gasteiger partial charge is 0.159 e. The van der Waals surface area contributed by atoms with E-state index >= 15 is 0 Å². The lowest BCUT2D eigenvalue weighted by molar-refractivity contribution is 0.923. The van der Waals surface area contributed by atoms with Crippen LogP contribution in [0.15, 0.2) is 152 Å². The Morgan fingerprint density at radius 2 is 0.746 bits per heavy atom. The number of benzene rings is 4. The van der Waals surface area contributed by atoms with Crippen molar-refractivity contribution in [3.63, 3.8) is 0 Å². The average Bonchev–Trinajstić information content (AvgIpc) is 4.10. The van der Waals surface area contributed by atoms with Crippen LogP contribution < -0.4 is 9.80 Å². The Morgan fingerprint density at radius 3 is 1.21 bits per heavy atom. The molecule has 0 amide bonds. The van der Waals surface area contributed by atoms with Gasteiger partial charge in [0.15, 0.2) is 22.6 Å². The summed E-state index contributed by atoms with van der Waals surface area (Å²) in [6.07, 6.45) is 7.22. The van der Waals surface area contributed by atoms with Crippen molar-refractivity contribution in [2.24, 2.45) is 28.2 Å². The highest BCUT2D eigenvalue weighted by atomic mass is 15.3. The molecule has 0 atom stereocenters. The van der Waals surface area contributed by atoms with Gasteiger partial charge < -0.3 is 28.1 Å². The van der Waals surface area contributed by atoms with E-state index in [-0.39, 0.29) is 0 Å². The van der Waals surface area contributed by atoms with E-state index in [0.29, 0.717) is 17.5 Å². The van der Waals surface area contributed by atoms with Crippen LogP contribution in [-0.4, -0.2) is 65.2 Å². The van der Waals surface area contributed by atoms with Crippen LogP contribution in [0.4, 0.5) is 28.4 Å². The van der Waals surface area contributed by atoms with Gasteiger partial charge in [-0.05, 0) is 96.6 Å². The Morgan fingerprint density at radius 1 is 0.343 bits per heavy atom. The van der Waals surface area contributed by atoms with Crippen molar-refractivity contribution in [3.8, 4) is 56.7 Å². The first-order valence-electron chi connectivity index (χ1n) is 22.0. The van der Waals surface area contributed by atoms with E-state index in [9.17, 15) is 0 Å². The predicted molar refractivity (Wildman–Crippen MR) is 265 cm³/mol. The van der Waals surface area contributed by atoms with Gasteiger partial charge in [-0.25, -0.2) is 39.9 Å². The van der Waals surface area contributed by atoms with Gasteiger partial charge in [0.1, 0.15) is 45.4 Å². The molecule has 4 aromatic carbocycles. The molecule has 0 fully saturated rings. The molecule has 0 saturated heterocycles. The van der Waals surface area contributed by atoms with Crippen molar-refractivity contribution in [2.75, 3.05) is 16.8 Å². The van der Waals surface area contributed by atoms with E-state index in [1.807, 2.05) is 89.1 Å². The molecule has 8 aromatic heterocycles. The summed E-state index contributed by atoms with van der Waals surface area (Å²) in [6, 6.07) is 43.8. The second kappa shape index (κ2) is 14.5. The number of aryl methyl sites for hydroxylation is 4. The first-order chi connectivity index (χ1) is 32.8. The zero-order valence-corrected chi connectivity index (χ0v) is 37.2. The first kappa shape index (κ1) is 38.4. The van der Waals surface area contributed by atoms with E-state index in [2.05, 4.69) is 114 Å². The summed E-state index contributed by atoms with van der Waals surface area (Å²) < 4.78 is 8.27. The summed E-state index contributed by atoms with van der Waals surface area (Å²) in [4.78, 5) is 45.5. The van der Waals surface area contributed by atoms with E-state index in [1.54, 1.807) is 12.4 Å². The Labute approximate surface area is 383 Å². The van der Waals surface area contributed by atoms with Crippen molar-refractivity contribution in [2.45, 2.75) is 0 Å². The molecular weight excluding hydrogens is 833 g/mol. The molecule has 1 aliphatic heterocycles. The first-order valence-corrected chi connectivity index (χ1v) is 22.0. The molecule has 1 aliphatic rings. The maximum atomic E-state index is 5.47. The van der Waals surface area contributed by atoms with Gasteiger partial charge in [0, 0.05) is 93.5 Å². The molecular formula is C53H40N14. The number of anilines is 5. The van der Waals surface area contributed by atoms with Gasteiger partial charge >= 0.3 is 0 Å². The minimum absolute atomic E-state index is 0.691. The summed E-state index contributed by atoms with van der Waals surface area (Å²) in [5.41, 5.74) is 16.5. The van der Waals surface area contributed by atoms with Crippen LogP contribution in [0.1, 0.15) is 0 Å². The summed E-state index contributed by atoms with van der Waals surface area (Å²) in [7, 11) is 10.2. The number of fused-ring (bicyclic) bond motifs is 6. The lowest BCUT2D eigenvalue weighted by Crippen LogP contribution is -2.23. The molecule has 0 spiro atoms. The second-order valence-corrected chi connectivity index (χ2v) is 16.9. The third-order valence-corrected chi connectivity index (χ3v) is 13.1. The Bertz CT molecular complexity index is 3940. The molecule has 0 unspecified atom stereocenters. The van der Waals surface area contributed by atoms with Gasteiger partial charge in [-0.2, -0.15) is 0 Å². The normalized spacial score (nSPS) is 12.5. The van der Waals surface area contributed by atoms with Gasteiger partial charge in [-0.15, -0.1) is 0 Å². The van der Waals surface area contributed by atoms with E-state index < -0.39 is 0 Å². The average molecular weight is 873 g/mol. The fourth-order valence-electron chi connectivity index (χ4n) is 10.0. The number of para-hydroxylation sites is 4. The van der Waals surface area contributed by atoms with E-state index in [4.69, 9.17) is 39.9 Å². The maximum Gasteiger partial charge on any atom is 0.159 e. The summed E-state index contributed by atoms with van der Waals surface area (Å²) >= 11 is 0. The lowest BCUT2D eigenvalue weighted by atomic mass is 9.85. The van der Waals surface area contributed by atoms with Crippen LogP contribution in [-0.2, 0) is 28.2 Å². The largest absolute Gasteiger partial charge is 0.341 e. The Balaban J connectivity index is 1.22. The van der Waals surface area contributed by atoms with Crippen LogP contribution in [0.5, 0.6) is 0 Å². The highest BCUT2D eigenvalue weighted by Gasteiger charge is 2.34. The molecule has 12 aromatic rings. The fraction of sp³-hybridized carbons (Fsp3) is 0.0943. The molecule has 0 bridgehead atoms. The van der Waals surface area contributed by atoms with Crippen molar-refractivity contribution in [1.29, 1.82) is 0 Å². The van der Waals surface area contributed by atoms with E-state index in [0.717, 1.165) is 112 Å². The molecule has 0 N–H and O–H groups in total. The topological polar surface area (TPSA) is 129 Å². The third kappa shape index (κ3) is 5.62. The highest BCUT2D eigenvalue weighted by molar-refractivity contribution is 6.07. The molecule has 0 aliphatic carbocycles. The van der Waals surface area contributed by atoms with Crippen LogP contribution in [0.3, 0.4) is 0 Å². The van der Waals surface area contributed by atoms with Gasteiger partial charge in [-0.1, -0.05) is 36.4 Å². The van der Waals surface area contributed by atoms with Gasteiger partial charge in [0.2, 0.25) is 0 Å². The Kier molecular flexibility index (Phi) is 8.31. The van der Waals surface area contributed by atoms with Crippen molar-refractivity contribution in [1.82, 2.24) is 58.1 Å². The lowest BCUT2D eigenvalue weighted by Gasteiger charge is -2.38. The SMILES string of the molecule is CN1c2ccccc2N(c2cccc(-c3c(-c4nc5cccnc5n4C)cc(-c4nc5cccnc5n4C)c(-c4nc5cccnc5n4C)c3-c3nc4cccnc4n3C)c2)c2ccccc21. The van der Waals surface area contributed by atoms with Crippen molar-refractivity contribution >= 4 is 73.1 Å². The third-order valence-electron chi connectivity index (χ3n) is 13.1. The number of nitrogens with zero attached hydrogens (tertiary/aromatic N) is 14. The molecule has 0 saturated carbocycles. The number of imidazole rings is 4. The molecule has 13 rings (SSSR count). The summed E-state index contributed by atoms with van der Waals surface area (Å²) in [6.45, 7) is 0.